The minimum atomic E-state index is -3.64. The highest BCUT2D eigenvalue weighted by Crippen LogP contribution is 2.23. The van der Waals surface area contributed by atoms with Gasteiger partial charge < -0.3 is 4.90 Å². The van der Waals surface area contributed by atoms with Crippen LogP contribution in [0.4, 0.5) is 0 Å². The van der Waals surface area contributed by atoms with Gasteiger partial charge in [0.1, 0.15) is 11.9 Å². The molecule has 8 nitrogen and oxygen atoms in total. The normalized spacial score (nSPS) is 16.0. The first-order valence-corrected chi connectivity index (χ1v) is 13.4. The molecule has 1 amide bonds. The summed E-state index contributed by atoms with van der Waals surface area (Å²) < 4.78 is 27.4. The summed E-state index contributed by atoms with van der Waals surface area (Å²) in [6.07, 6.45) is 3.84. The van der Waals surface area contributed by atoms with E-state index >= 15 is 0 Å². The van der Waals surface area contributed by atoms with E-state index in [1.807, 2.05) is 36.4 Å². The van der Waals surface area contributed by atoms with Gasteiger partial charge in [0.15, 0.2) is 0 Å². The quantitative estimate of drug-likeness (QED) is 0.448. The average Bonchev–Trinajstić information content (AvgIpc) is 3.44. The van der Waals surface area contributed by atoms with Crippen molar-refractivity contribution in [3.63, 3.8) is 0 Å². The Morgan fingerprint density at radius 3 is 2.60 bits per heavy atom. The molecular formula is C26H31N5O3S. The molecule has 0 bridgehead atoms. The fraction of sp³-hybridized carbons (Fsp3) is 0.346. The molecule has 2 N–H and O–H groups in total. The van der Waals surface area contributed by atoms with Crippen molar-refractivity contribution in [1.82, 2.24) is 19.8 Å². The Hall–Kier alpha value is -3.46. The van der Waals surface area contributed by atoms with Crippen LogP contribution in [0.2, 0.25) is 0 Å². The van der Waals surface area contributed by atoms with Gasteiger partial charge in [-0.25, -0.2) is 8.42 Å². The second kappa shape index (κ2) is 10.9. The Kier molecular flexibility index (Phi) is 7.65. The number of aryl methyl sites for hydroxylation is 1. The summed E-state index contributed by atoms with van der Waals surface area (Å²) in [4.78, 5) is 19.7. The Morgan fingerprint density at radius 2 is 1.83 bits per heavy atom. The van der Waals surface area contributed by atoms with Crippen molar-refractivity contribution >= 4 is 21.8 Å². The van der Waals surface area contributed by atoms with Crippen molar-refractivity contribution in [2.75, 3.05) is 13.6 Å². The van der Waals surface area contributed by atoms with Gasteiger partial charge in [0.2, 0.25) is 5.91 Å². The first kappa shape index (κ1) is 24.7. The molecule has 0 radical (unpaired) electrons. The van der Waals surface area contributed by atoms with Crippen molar-refractivity contribution in [3.8, 4) is 11.3 Å². The Labute approximate surface area is 206 Å². The van der Waals surface area contributed by atoms with E-state index in [1.165, 1.54) is 0 Å². The number of likely N-dealkylation sites (N-methyl/N-ethyl adjacent to an activating group) is 1. The van der Waals surface area contributed by atoms with Crippen LogP contribution in [0.15, 0.2) is 70.6 Å². The zero-order chi connectivity index (χ0) is 24.8. The number of amides is 1. The van der Waals surface area contributed by atoms with E-state index in [1.54, 1.807) is 36.2 Å². The molecule has 35 heavy (non-hydrogen) atoms. The van der Waals surface area contributed by atoms with Crippen molar-refractivity contribution in [2.45, 2.75) is 50.0 Å². The largest absolute Gasteiger partial charge is 0.344 e. The fourth-order valence-corrected chi connectivity index (χ4v) is 5.38. The summed E-state index contributed by atoms with van der Waals surface area (Å²) in [7, 11) is -1.87. The second-order valence-corrected chi connectivity index (χ2v) is 10.4. The van der Waals surface area contributed by atoms with Crippen molar-refractivity contribution in [2.24, 2.45) is 4.99 Å². The summed E-state index contributed by atoms with van der Waals surface area (Å²) >= 11 is 0. The van der Waals surface area contributed by atoms with Gasteiger partial charge in [0.25, 0.3) is 10.0 Å². The molecule has 1 unspecified atom stereocenters. The van der Waals surface area contributed by atoms with Gasteiger partial charge in [0, 0.05) is 30.4 Å². The van der Waals surface area contributed by atoms with Gasteiger partial charge in [-0.05, 0) is 37.5 Å². The lowest BCUT2D eigenvalue weighted by Gasteiger charge is -2.22. The summed E-state index contributed by atoms with van der Waals surface area (Å²) in [6, 6.07) is 18.1. The van der Waals surface area contributed by atoms with Gasteiger partial charge in [-0.3, -0.25) is 19.6 Å². The van der Waals surface area contributed by atoms with Crippen molar-refractivity contribution in [1.29, 1.82) is 0 Å². The number of aliphatic imine (C=N–C) groups is 1. The topological polar surface area (TPSA) is 108 Å². The number of aromatic nitrogens is 2. The minimum absolute atomic E-state index is 0.107. The Morgan fingerprint density at radius 1 is 1.09 bits per heavy atom. The maximum Gasteiger partial charge on any atom is 0.263 e. The van der Waals surface area contributed by atoms with Crippen LogP contribution in [0.25, 0.3) is 11.3 Å². The van der Waals surface area contributed by atoms with Crippen LogP contribution in [0.5, 0.6) is 0 Å². The summed E-state index contributed by atoms with van der Waals surface area (Å²) in [5.74, 6) is 0.137. The maximum atomic E-state index is 13.3. The number of sulfonamides is 1. The molecule has 0 spiro atoms. The summed E-state index contributed by atoms with van der Waals surface area (Å²) in [6.45, 7) is 2.62. The van der Waals surface area contributed by atoms with Crippen LogP contribution in [0.1, 0.15) is 43.9 Å². The fourth-order valence-electron chi connectivity index (χ4n) is 4.14. The van der Waals surface area contributed by atoms with E-state index in [9.17, 15) is 13.2 Å². The first-order valence-electron chi connectivity index (χ1n) is 11.9. The molecular weight excluding hydrogens is 462 g/mol. The van der Waals surface area contributed by atoms with Crippen LogP contribution < -0.4 is 4.72 Å². The standard InChI is InChI=1S/C26H31N5O3S/c1-3-4-15-22(27-25-21-14-8-9-16-24(21)35(33,34)30-25)26(32)31(2)17-10-13-20-18-23(29-28-20)19-11-6-5-7-12-19/h5-9,11-12,14,16,18,22H,3-4,10,13,15,17H2,1-2H3,(H,27,30)(H,28,29). The third-order valence-corrected chi connectivity index (χ3v) is 7.48. The molecule has 184 valence electrons. The van der Waals surface area contributed by atoms with Crippen LogP contribution in [-0.2, 0) is 21.2 Å². The molecule has 0 saturated carbocycles. The van der Waals surface area contributed by atoms with Gasteiger partial charge in [-0.2, -0.15) is 5.10 Å². The number of aromatic amines is 1. The number of hydrogen-bond donors (Lipinski definition) is 2. The number of benzene rings is 2. The number of fused-ring (bicyclic) bond motifs is 1. The number of H-pyrrole nitrogens is 1. The third-order valence-electron chi connectivity index (χ3n) is 6.08. The Bertz CT molecular complexity index is 1300. The number of rotatable bonds is 10. The molecule has 2 heterocycles. The van der Waals surface area contributed by atoms with Gasteiger partial charge in [-0.15, -0.1) is 0 Å². The molecule has 1 aromatic heterocycles. The van der Waals surface area contributed by atoms with Crippen LogP contribution in [0.3, 0.4) is 0 Å². The third kappa shape index (κ3) is 5.79. The van der Waals surface area contributed by atoms with Crippen LogP contribution in [-0.4, -0.2) is 54.9 Å². The molecule has 3 aromatic rings. The predicted octanol–water partition coefficient (Wildman–Crippen LogP) is 3.77. The lowest BCUT2D eigenvalue weighted by atomic mass is 10.1. The molecule has 1 atom stereocenters. The van der Waals surface area contributed by atoms with E-state index in [0.717, 1.165) is 42.6 Å². The lowest BCUT2D eigenvalue weighted by Crippen LogP contribution is -2.37. The van der Waals surface area contributed by atoms with Gasteiger partial charge >= 0.3 is 0 Å². The highest BCUT2D eigenvalue weighted by atomic mass is 32.2. The number of nitrogens with one attached hydrogen (secondary N) is 2. The van der Waals surface area contributed by atoms with E-state index in [-0.39, 0.29) is 16.6 Å². The zero-order valence-corrected chi connectivity index (χ0v) is 20.9. The molecule has 4 rings (SSSR count). The predicted molar refractivity (Wildman–Crippen MR) is 137 cm³/mol. The molecule has 1 aliphatic rings. The first-order chi connectivity index (χ1) is 16.9. The lowest BCUT2D eigenvalue weighted by molar-refractivity contribution is -0.131. The summed E-state index contributed by atoms with van der Waals surface area (Å²) in [5, 5.41) is 7.47. The molecule has 0 saturated heterocycles. The number of nitrogens with zero attached hydrogens (tertiary/aromatic N) is 3. The van der Waals surface area contributed by atoms with Crippen LogP contribution in [0, 0.1) is 0 Å². The van der Waals surface area contributed by atoms with E-state index < -0.39 is 16.1 Å². The van der Waals surface area contributed by atoms with Crippen LogP contribution >= 0.6 is 0 Å². The number of carbonyl (C=O) groups excluding carboxylic acids is 1. The molecule has 2 aromatic carbocycles. The monoisotopic (exact) mass is 493 g/mol. The molecule has 0 aliphatic carbocycles. The van der Waals surface area contributed by atoms with Crippen molar-refractivity contribution in [3.05, 3.63) is 71.9 Å². The minimum Gasteiger partial charge on any atom is -0.344 e. The number of unbranched alkanes of at least 4 members (excludes halogenated alkanes) is 1. The van der Waals surface area contributed by atoms with E-state index in [4.69, 9.17) is 0 Å². The molecule has 9 heteroatoms. The second-order valence-electron chi connectivity index (χ2n) is 8.75. The smallest absolute Gasteiger partial charge is 0.263 e. The number of carbonyl (C=O) groups is 1. The Balaban J connectivity index is 1.40. The maximum absolute atomic E-state index is 13.3. The number of hydrogen-bond acceptors (Lipinski definition) is 5. The van der Waals surface area contributed by atoms with Gasteiger partial charge in [-0.1, -0.05) is 62.2 Å². The zero-order valence-electron chi connectivity index (χ0n) is 20.1. The van der Waals surface area contributed by atoms with E-state index in [2.05, 4.69) is 26.8 Å². The van der Waals surface area contributed by atoms with E-state index in [0.29, 0.717) is 18.5 Å². The molecule has 1 aliphatic heterocycles. The highest BCUT2D eigenvalue weighted by molar-refractivity contribution is 7.90. The number of amidine groups is 1. The highest BCUT2D eigenvalue weighted by Gasteiger charge is 2.32. The summed E-state index contributed by atoms with van der Waals surface area (Å²) in [5.41, 5.74) is 3.49. The molecule has 0 fully saturated rings. The SMILES string of the molecule is CCCCC(N=C1NS(=O)(=O)c2ccccc21)C(=O)N(C)CCCc1cc(-c2ccccc2)n[nH]1. The van der Waals surface area contributed by atoms with Crippen molar-refractivity contribution < 1.29 is 13.2 Å². The van der Waals surface area contributed by atoms with Gasteiger partial charge in [0.05, 0.1) is 10.6 Å². The average molecular weight is 494 g/mol.